The van der Waals surface area contributed by atoms with Crippen LogP contribution in [0.5, 0.6) is 5.75 Å². The second kappa shape index (κ2) is 5.52. The van der Waals surface area contributed by atoms with Crippen molar-refractivity contribution >= 4 is 17.3 Å². The Balaban J connectivity index is 1.91. The zero-order valence-electron chi connectivity index (χ0n) is 12.8. The molecule has 1 heterocycles. The number of hydrogen-bond acceptors (Lipinski definition) is 4. The summed E-state index contributed by atoms with van der Waals surface area (Å²) in [6, 6.07) is 7.01. The Morgan fingerprint density at radius 3 is 2.59 bits per heavy atom. The van der Waals surface area contributed by atoms with E-state index >= 15 is 0 Å². The zero-order chi connectivity index (χ0) is 15.9. The fraction of sp³-hybridized carbons (Fsp3) is 0.389. The molecule has 0 saturated carbocycles. The lowest BCUT2D eigenvalue weighted by atomic mass is 9.86. The van der Waals surface area contributed by atoms with E-state index in [1.807, 2.05) is 26.0 Å². The number of aromatic hydroxyl groups is 1. The summed E-state index contributed by atoms with van der Waals surface area (Å²) in [5.74, 6) is -0.0274. The second-order valence-corrected chi connectivity index (χ2v) is 6.21. The Labute approximate surface area is 129 Å². The van der Waals surface area contributed by atoms with E-state index in [4.69, 9.17) is 0 Å². The second-order valence-electron chi connectivity index (χ2n) is 6.21. The predicted molar refractivity (Wildman–Crippen MR) is 83.8 cm³/mol. The molecule has 1 aromatic rings. The number of rotatable bonds is 2. The molecule has 0 bridgehead atoms. The maximum atomic E-state index is 12.5. The minimum atomic E-state index is -0.138. The van der Waals surface area contributed by atoms with Gasteiger partial charge in [0, 0.05) is 28.8 Å². The van der Waals surface area contributed by atoms with Crippen molar-refractivity contribution in [2.45, 2.75) is 33.1 Å². The molecule has 2 unspecified atom stereocenters. The summed E-state index contributed by atoms with van der Waals surface area (Å²) in [6.07, 6.45) is 1.22. The van der Waals surface area contributed by atoms with E-state index in [0.717, 1.165) is 22.5 Å². The zero-order valence-corrected chi connectivity index (χ0v) is 12.8. The maximum Gasteiger partial charge on any atom is 0.168 e. The molecule has 0 amide bonds. The average Bonchev–Trinajstić information content (AvgIpc) is 2.71. The van der Waals surface area contributed by atoms with E-state index < -0.39 is 0 Å². The topological polar surface area (TPSA) is 66.7 Å². The highest BCUT2D eigenvalue weighted by molar-refractivity contribution is 6.14. The highest BCUT2D eigenvalue weighted by atomic mass is 16.3. The highest BCUT2D eigenvalue weighted by Crippen LogP contribution is 2.36. The van der Waals surface area contributed by atoms with Gasteiger partial charge in [-0.25, -0.2) is 0 Å². The van der Waals surface area contributed by atoms with Crippen LogP contribution < -0.4 is 0 Å². The maximum absolute atomic E-state index is 12.5. The Bertz CT molecular complexity index is 698. The van der Waals surface area contributed by atoms with Crippen molar-refractivity contribution in [3.05, 3.63) is 41.1 Å². The molecule has 0 aromatic heterocycles. The molecule has 0 saturated heterocycles. The molecule has 0 radical (unpaired) electrons. The number of carbonyl (C=O) groups excluding carboxylic acids is 2. The molecule has 22 heavy (non-hydrogen) atoms. The number of phenolic OH excluding ortho intramolecular Hbond substituents is 1. The van der Waals surface area contributed by atoms with Gasteiger partial charge in [-0.1, -0.05) is 19.1 Å². The van der Waals surface area contributed by atoms with Crippen LogP contribution in [0.25, 0.3) is 0 Å². The minimum absolute atomic E-state index is 0.00508. The first kappa shape index (κ1) is 14.7. The number of nitrogens with zero attached hydrogens (tertiary/aromatic N) is 1. The molecule has 2 atom stereocenters. The third-order valence-corrected chi connectivity index (χ3v) is 4.54. The van der Waals surface area contributed by atoms with Gasteiger partial charge >= 0.3 is 0 Å². The quantitative estimate of drug-likeness (QED) is 0.854. The molecule has 4 nitrogen and oxygen atoms in total. The summed E-state index contributed by atoms with van der Waals surface area (Å²) >= 11 is 0. The lowest BCUT2D eigenvalue weighted by molar-refractivity contribution is -0.127. The van der Waals surface area contributed by atoms with Crippen molar-refractivity contribution in [1.82, 2.24) is 0 Å². The third kappa shape index (κ3) is 2.61. The number of carbonyl (C=O) groups is 2. The first-order valence-electron chi connectivity index (χ1n) is 7.57. The van der Waals surface area contributed by atoms with Gasteiger partial charge in [0.05, 0.1) is 6.42 Å². The van der Waals surface area contributed by atoms with Crippen molar-refractivity contribution in [3.63, 3.8) is 0 Å². The smallest absolute Gasteiger partial charge is 0.168 e. The molecule has 0 fully saturated rings. The number of aliphatic imine (C=N–C) groups is 1. The first-order valence-corrected chi connectivity index (χ1v) is 7.57. The van der Waals surface area contributed by atoms with Gasteiger partial charge in [0.1, 0.15) is 11.5 Å². The SMILES string of the molecule is CC1=NC2=C(C(=O)CC(=O)C(C)C2)C1Cc1ccc(O)cc1. The fourth-order valence-electron chi connectivity index (χ4n) is 3.22. The van der Waals surface area contributed by atoms with Crippen molar-refractivity contribution in [2.24, 2.45) is 16.8 Å². The number of ketones is 2. The van der Waals surface area contributed by atoms with E-state index in [2.05, 4.69) is 4.99 Å². The molecule has 1 aliphatic heterocycles. The van der Waals surface area contributed by atoms with E-state index in [-0.39, 0.29) is 35.6 Å². The molecular formula is C18H19NO3. The van der Waals surface area contributed by atoms with Crippen LogP contribution in [0.4, 0.5) is 0 Å². The summed E-state index contributed by atoms with van der Waals surface area (Å²) < 4.78 is 0. The van der Waals surface area contributed by atoms with Crippen molar-refractivity contribution < 1.29 is 14.7 Å². The van der Waals surface area contributed by atoms with Crippen LogP contribution >= 0.6 is 0 Å². The number of phenols is 1. The summed E-state index contributed by atoms with van der Waals surface area (Å²) in [4.78, 5) is 29.0. The number of Topliss-reactive ketones (excluding diaryl/α,β-unsaturated/α-hetero) is 2. The molecule has 3 rings (SSSR count). The van der Waals surface area contributed by atoms with E-state index in [1.165, 1.54) is 0 Å². The van der Waals surface area contributed by atoms with Crippen LogP contribution in [0, 0.1) is 11.8 Å². The Morgan fingerprint density at radius 1 is 1.23 bits per heavy atom. The molecule has 1 aromatic carbocycles. The van der Waals surface area contributed by atoms with Gasteiger partial charge < -0.3 is 5.11 Å². The summed E-state index contributed by atoms with van der Waals surface area (Å²) in [5, 5.41) is 9.37. The van der Waals surface area contributed by atoms with Gasteiger partial charge in [0.25, 0.3) is 0 Å². The molecular weight excluding hydrogens is 278 g/mol. The first-order chi connectivity index (χ1) is 10.5. The van der Waals surface area contributed by atoms with Crippen LogP contribution in [0.2, 0.25) is 0 Å². The van der Waals surface area contributed by atoms with Crippen LogP contribution in [0.15, 0.2) is 40.5 Å². The van der Waals surface area contributed by atoms with Gasteiger partial charge in [0.2, 0.25) is 0 Å². The Hall–Kier alpha value is -2.23. The highest BCUT2D eigenvalue weighted by Gasteiger charge is 2.36. The minimum Gasteiger partial charge on any atom is -0.508 e. The van der Waals surface area contributed by atoms with Crippen LogP contribution in [0.1, 0.15) is 32.3 Å². The van der Waals surface area contributed by atoms with Gasteiger partial charge in [-0.2, -0.15) is 0 Å². The molecule has 4 heteroatoms. The van der Waals surface area contributed by atoms with Crippen LogP contribution in [0.3, 0.4) is 0 Å². The van der Waals surface area contributed by atoms with Crippen molar-refractivity contribution in [1.29, 1.82) is 0 Å². The number of allylic oxidation sites excluding steroid dienone is 2. The largest absolute Gasteiger partial charge is 0.508 e. The standard InChI is InChI=1S/C18H19NO3/c1-10-7-15-18(17(22)9-16(10)21)14(11(2)19-15)8-12-3-5-13(20)6-4-12/h3-6,10,14,20H,7-9H2,1-2H3. The van der Waals surface area contributed by atoms with Crippen LogP contribution in [-0.2, 0) is 16.0 Å². The molecule has 1 N–H and O–H groups in total. The number of benzene rings is 1. The lowest BCUT2D eigenvalue weighted by Crippen LogP contribution is -2.21. The van der Waals surface area contributed by atoms with E-state index in [0.29, 0.717) is 12.8 Å². The molecule has 2 aliphatic rings. The molecule has 114 valence electrons. The van der Waals surface area contributed by atoms with Crippen LogP contribution in [-0.4, -0.2) is 22.4 Å². The van der Waals surface area contributed by atoms with Gasteiger partial charge in [-0.15, -0.1) is 0 Å². The summed E-state index contributed by atoms with van der Waals surface area (Å²) in [7, 11) is 0. The van der Waals surface area contributed by atoms with Gasteiger partial charge in [0.15, 0.2) is 5.78 Å². The molecule has 1 aliphatic carbocycles. The summed E-state index contributed by atoms with van der Waals surface area (Å²) in [6.45, 7) is 3.81. The normalized spacial score (nSPS) is 25.1. The number of hydrogen-bond donors (Lipinski definition) is 1. The van der Waals surface area contributed by atoms with Crippen molar-refractivity contribution in [2.75, 3.05) is 0 Å². The average molecular weight is 297 g/mol. The lowest BCUT2D eigenvalue weighted by Gasteiger charge is -2.15. The summed E-state index contributed by atoms with van der Waals surface area (Å²) in [5.41, 5.74) is 3.50. The Kier molecular flexibility index (Phi) is 3.69. The molecule has 0 spiro atoms. The third-order valence-electron chi connectivity index (χ3n) is 4.54. The predicted octanol–water partition coefficient (Wildman–Crippen LogP) is 2.85. The van der Waals surface area contributed by atoms with Gasteiger partial charge in [-0.05, 0) is 37.5 Å². The fourth-order valence-corrected chi connectivity index (χ4v) is 3.22. The van der Waals surface area contributed by atoms with E-state index in [9.17, 15) is 14.7 Å². The van der Waals surface area contributed by atoms with Crippen molar-refractivity contribution in [3.8, 4) is 5.75 Å². The monoisotopic (exact) mass is 297 g/mol. The van der Waals surface area contributed by atoms with Gasteiger partial charge in [-0.3, -0.25) is 14.6 Å². The van der Waals surface area contributed by atoms with E-state index in [1.54, 1.807) is 12.1 Å². The Morgan fingerprint density at radius 2 is 1.91 bits per heavy atom.